The zero-order valence-electron chi connectivity index (χ0n) is 12.9. The summed E-state index contributed by atoms with van der Waals surface area (Å²) >= 11 is 0. The average molecular weight is 277 g/mol. The van der Waals surface area contributed by atoms with E-state index < -0.39 is 0 Å². The largest absolute Gasteiger partial charge is 0.307 e. The minimum Gasteiger partial charge on any atom is -0.307 e. The third-order valence-corrected chi connectivity index (χ3v) is 5.18. The Morgan fingerprint density at radius 1 is 1.00 bits per heavy atom. The maximum absolute atomic E-state index is 3.78. The summed E-state index contributed by atoms with van der Waals surface area (Å²) in [6.07, 6.45) is 3.76. The first kappa shape index (κ1) is 13.1. The van der Waals surface area contributed by atoms with E-state index in [0.717, 1.165) is 18.4 Å². The molecule has 2 aromatic carbocycles. The van der Waals surface area contributed by atoms with Crippen LogP contribution >= 0.6 is 0 Å². The lowest BCUT2D eigenvalue weighted by atomic mass is 9.81. The monoisotopic (exact) mass is 277 g/mol. The number of benzene rings is 2. The van der Waals surface area contributed by atoms with Gasteiger partial charge in [0.05, 0.1) is 0 Å². The van der Waals surface area contributed by atoms with E-state index in [1.165, 1.54) is 40.7 Å². The fraction of sp³-hybridized carbons (Fsp3) is 0.400. The van der Waals surface area contributed by atoms with E-state index in [1.807, 2.05) is 0 Å². The fourth-order valence-electron chi connectivity index (χ4n) is 3.92. The van der Waals surface area contributed by atoms with Crippen LogP contribution in [0, 0.1) is 5.92 Å². The second kappa shape index (κ2) is 4.99. The summed E-state index contributed by atoms with van der Waals surface area (Å²) in [4.78, 5) is 0. The quantitative estimate of drug-likeness (QED) is 0.731. The van der Waals surface area contributed by atoms with Crippen LogP contribution in [0.3, 0.4) is 0 Å². The molecule has 1 N–H and O–H groups in total. The molecule has 1 fully saturated rings. The molecule has 1 saturated carbocycles. The predicted octanol–water partition coefficient (Wildman–Crippen LogP) is 4.71. The summed E-state index contributed by atoms with van der Waals surface area (Å²) in [5.74, 6) is 0.907. The van der Waals surface area contributed by atoms with Crippen LogP contribution in [0.5, 0.6) is 0 Å². The van der Waals surface area contributed by atoms with Gasteiger partial charge in [0.2, 0.25) is 0 Å². The van der Waals surface area contributed by atoms with Crippen molar-refractivity contribution in [3.8, 4) is 11.1 Å². The number of nitrogens with one attached hydrogen (secondary N) is 1. The highest BCUT2D eigenvalue weighted by molar-refractivity contribution is 5.76. The molecule has 2 aromatic rings. The summed E-state index contributed by atoms with van der Waals surface area (Å²) in [5.41, 5.74) is 7.25. The molecule has 0 amide bonds. The van der Waals surface area contributed by atoms with Crippen LogP contribution in [-0.2, 0) is 6.42 Å². The van der Waals surface area contributed by atoms with E-state index >= 15 is 0 Å². The Hall–Kier alpha value is -1.60. The molecule has 0 bridgehead atoms. The molecule has 0 aliphatic heterocycles. The molecule has 2 aliphatic carbocycles. The van der Waals surface area contributed by atoms with E-state index in [2.05, 4.69) is 61.6 Å². The van der Waals surface area contributed by atoms with E-state index in [9.17, 15) is 0 Å². The molecule has 1 atom stereocenters. The molecule has 0 saturated heterocycles. The molecule has 108 valence electrons. The van der Waals surface area contributed by atoms with E-state index in [0.29, 0.717) is 6.04 Å². The number of hydrogen-bond acceptors (Lipinski definition) is 1. The summed E-state index contributed by atoms with van der Waals surface area (Å²) in [7, 11) is 0. The van der Waals surface area contributed by atoms with Crippen molar-refractivity contribution >= 4 is 0 Å². The Morgan fingerprint density at radius 2 is 1.76 bits per heavy atom. The molecule has 21 heavy (non-hydrogen) atoms. The van der Waals surface area contributed by atoms with Gasteiger partial charge in [-0.15, -0.1) is 0 Å². The number of rotatable bonds is 3. The SMILES string of the molecule is CC1CC(NC(C)c2ccc3c(c2)Cc2ccccc2-3)C1. The van der Waals surface area contributed by atoms with E-state index in [1.54, 1.807) is 0 Å². The van der Waals surface area contributed by atoms with Crippen LogP contribution in [0.2, 0.25) is 0 Å². The Kier molecular flexibility index (Phi) is 3.11. The van der Waals surface area contributed by atoms with Crippen molar-refractivity contribution in [3.63, 3.8) is 0 Å². The van der Waals surface area contributed by atoms with Crippen LogP contribution in [0.25, 0.3) is 11.1 Å². The van der Waals surface area contributed by atoms with Crippen molar-refractivity contribution in [1.82, 2.24) is 5.32 Å². The van der Waals surface area contributed by atoms with Gasteiger partial charge in [0.15, 0.2) is 0 Å². The molecular weight excluding hydrogens is 254 g/mol. The summed E-state index contributed by atoms with van der Waals surface area (Å²) in [6, 6.07) is 17.0. The molecule has 1 nitrogen and oxygen atoms in total. The van der Waals surface area contributed by atoms with Gasteiger partial charge in [0.1, 0.15) is 0 Å². The molecule has 0 heterocycles. The fourth-order valence-corrected chi connectivity index (χ4v) is 3.92. The topological polar surface area (TPSA) is 12.0 Å². The summed E-state index contributed by atoms with van der Waals surface area (Å²) < 4.78 is 0. The van der Waals surface area contributed by atoms with Crippen molar-refractivity contribution in [2.45, 2.75) is 45.2 Å². The van der Waals surface area contributed by atoms with Gasteiger partial charge in [0.25, 0.3) is 0 Å². The second-order valence-electron chi connectivity index (χ2n) is 6.91. The first-order chi connectivity index (χ1) is 10.2. The highest BCUT2D eigenvalue weighted by atomic mass is 15.0. The van der Waals surface area contributed by atoms with Gasteiger partial charge in [-0.2, -0.15) is 0 Å². The van der Waals surface area contributed by atoms with Crippen molar-refractivity contribution in [3.05, 3.63) is 59.2 Å². The number of hydrogen-bond donors (Lipinski definition) is 1. The number of fused-ring (bicyclic) bond motifs is 3. The lowest BCUT2D eigenvalue weighted by Crippen LogP contribution is -2.41. The van der Waals surface area contributed by atoms with Crippen LogP contribution < -0.4 is 5.32 Å². The lowest BCUT2D eigenvalue weighted by molar-refractivity contribution is 0.226. The lowest BCUT2D eigenvalue weighted by Gasteiger charge is -2.36. The third-order valence-electron chi connectivity index (χ3n) is 5.18. The zero-order chi connectivity index (χ0) is 14.4. The van der Waals surface area contributed by atoms with Gasteiger partial charge in [-0.1, -0.05) is 49.4 Å². The predicted molar refractivity (Wildman–Crippen MR) is 88.4 cm³/mol. The first-order valence-corrected chi connectivity index (χ1v) is 8.18. The van der Waals surface area contributed by atoms with Crippen molar-refractivity contribution in [2.75, 3.05) is 0 Å². The molecular formula is C20H23N. The Labute approximate surface area is 127 Å². The minimum absolute atomic E-state index is 0.455. The van der Waals surface area contributed by atoms with Gasteiger partial charge < -0.3 is 5.32 Å². The molecule has 0 radical (unpaired) electrons. The standard InChI is InChI=1S/C20H23N/c1-13-9-18(10-13)21-14(2)15-7-8-20-17(11-15)12-16-5-3-4-6-19(16)20/h3-8,11,13-14,18,21H,9-10,12H2,1-2H3. The second-order valence-corrected chi connectivity index (χ2v) is 6.91. The minimum atomic E-state index is 0.455. The zero-order valence-corrected chi connectivity index (χ0v) is 12.9. The van der Waals surface area contributed by atoms with Crippen LogP contribution in [0.1, 0.15) is 49.4 Å². The van der Waals surface area contributed by atoms with Gasteiger partial charge >= 0.3 is 0 Å². The summed E-state index contributed by atoms with van der Waals surface area (Å²) in [6.45, 7) is 4.64. The first-order valence-electron chi connectivity index (χ1n) is 8.18. The Morgan fingerprint density at radius 3 is 2.57 bits per heavy atom. The van der Waals surface area contributed by atoms with E-state index in [-0.39, 0.29) is 0 Å². The van der Waals surface area contributed by atoms with Gasteiger partial charge in [0, 0.05) is 12.1 Å². The van der Waals surface area contributed by atoms with Crippen LogP contribution in [-0.4, -0.2) is 6.04 Å². The van der Waals surface area contributed by atoms with Crippen LogP contribution in [0.15, 0.2) is 42.5 Å². The smallest absolute Gasteiger partial charge is 0.0294 e. The Bertz CT molecular complexity index is 667. The molecule has 2 aliphatic rings. The maximum Gasteiger partial charge on any atom is 0.0294 e. The molecule has 4 rings (SSSR count). The molecule has 0 spiro atoms. The van der Waals surface area contributed by atoms with Crippen molar-refractivity contribution in [2.24, 2.45) is 5.92 Å². The maximum atomic E-state index is 3.78. The van der Waals surface area contributed by atoms with Crippen LogP contribution in [0.4, 0.5) is 0 Å². The highest BCUT2D eigenvalue weighted by Gasteiger charge is 2.27. The van der Waals surface area contributed by atoms with Gasteiger partial charge in [-0.25, -0.2) is 0 Å². The highest BCUT2D eigenvalue weighted by Crippen LogP contribution is 2.37. The van der Waals surface area contributed by atoms with E-state index in [4.69, 9.17) is 0 Å². The van der Waals surface area contributed by atoms with Gasteiger partial charge in [-0.05, 0) is 59.9 Å². The Balaban J connectivity index is 1.55. The normalized spacial score (nSPS) is 24.1. The summed E-state index contributed by atoms with van der Waals surface area (Å²) in [5, 5.41) is 3.78. The molecule has 1 unspecified atom stereocenters. The van der Waals surface area contributed by atoms with Crippen molar-refractivity contribution in [1.29, 1.82) is 0 Å². The average Bonchev–Trinajstić information content (AvgIpc) is 2.83. The molecule has 0 aromatic heterocycles. The molecule has 1 heteroatoms. The third kappa shape index (κ3) is 2.30. The van der Waals surface area contributed by atoms with Crippen molar-refractivity contribution < 1.29 is 0 Å². The van der Waals surface area contributed by atoms with Gasteiger partial charge in [-0.3, -0.25) is 0 Å².